The lowest BCUT2D eigenvalue weighted by Crippen LogP contribution is -2.22. The zero-order chi connectivity index (χ0) is 21.1. The standard InChI is InChI=1S/C24H28BrN3O2/c1-3-4-23(29)20-6-5-19(11-16(20)2)28-15-27-24-21(12-18(25)13-22(24)28)26-14-17-7-9-30-10-8-17/h5-6,11-13,15,17,26H,3-4,7-10,14H2,1-2H3. The zero-order valence-electron chi connectivity index (χ0n) is 17.6. The molecule has 2 heterocycles. The topological polar surface area (TPSA) is 56.2 Å². The number of nitrogens with zero attached hydrogens (tertiary/aromatic N) is 2. The SMILES string of the molecule is CCCC(=O)c1ccc(-n2cnc3c(NCC4CCOCC4)cc(Br)cc32)cc1C. The molecule has 0 amide bonds. The van der Waals surface area contributed by atoms with E-state index >= 15 is 0 Å². The first-order valence-electron chi connectivity index (χ1n) is 10.7. The molecule has 0 spiro atoms. The van der Waals surface area contributed by atoms with Crippen LogP contribution in [0.25, 0.3) is 16.7 Å². The molecule has 0 bridgehead atoms. The highest BCUT2D eigenvalue weighted by atomic mass is 79.9. The summed E-state index contributed by atoms with van der Waals surface area (Å²) in [6, 6.07) is 10.2. The third kappa shape index (κ3) is 4.44. The highest BCUT2D eigenvalue weighted by Gasteiger charge is 2.16. The predicted octanol–water partition coefficient (Wildman–Crippen LogP) is 5.92. The number of anilines is 1. The average Bonchev–Trinajstić information content (AvgIpc) is 3.16. The number of hydrogen-bond donors (Lipinski definition) is 1. The summed E-state index contributed by atoms with van der Waals surface area (Å²) in [6.07, 6.45) is 5.51. The molecule has 1 N–H and O–H groups in total. The Morgan fingerprint density at radius 2 is 2.07 bits per heavy atom. The normalized spacial score (nSPS) is 14.9. The van der Waals surface area contributed by atoms with Gasteiger partial charge in [0.15, 0.2) is 5.78 Å². The number of benzene rings is 2. The molecule has 0 aliphatic carbocycles. The van der Waals surface area contributed by atoms with Crippen LogP contribution in [0, 0.1) is 12.8 Å². The molecule has 5 nitrogen and oxygen atoms in total. The van der Waals surface area contributed by atoms with E-state index in [0.717, 1.165) is 77.0 Å². The number of hydrogen-bond acceptors (Lipinski definition) is 4. The second kappa shape index (κ2) is 9.31. The van der Waals surface area contributed by atoms with E-state index in [-0.39, 0.29) is 5.78 Å². The minimum atomic E-state index is 0.208. The van der Waals surface area contributed by atoms with E-state index in [2.05, 4.69) is 44.0 Å². The van der Waals surface area contributed by atoms with Gasteiger partial charge in [-0.05, 0) is 68.0 Å². The summed E-state index contributed by atoms with van der Waals surface area (Å²) >= 11 is 3.66. The Bertz CT molecular complexity index is 1050. The largest absolute Gasteiger partial charge is 0.383 e. The van der Waals surface area contributed by atoms with Crippen LogP contribution >= 0.6 is 15.9 Å². The van der Waals surface area contributed by atoms with Crippen molar-refractivity contribution >= 4 is 38.4 Å². The lowest BCUT2D eigenvalue weighted by Gasteiger charge is -2.22. The Morgan fingerprint density at radius 1 is 1.27 bits per heavy atom. The van der Waals surface area contributed by atoms with Gasteiger partial charge < -0.3 is 10.1 Å². The highest BCUT2D eigenvalue weighted by Crippen LogP contribution is 2.30. The maximum Gasteiger partial charge on any atom is 0.163 e. The van der Waals surface area contributed by atoms with Crippen LogP contribution in [0.15, 0.2) is 41.1 Å². The monoisotopic (exact) mass is 469 g/mol. The number of Topliss-reactive ketones (excluding diaryl/α,β-unsaturated/α-hetero) is 1. The summed E-state index contributed by atoms with van der Waals surface area (Å²) in [4.78, 5) is 17.0. The lowest BCUT2D eigenvalue weighted by atomic mass is 10.0. The van der Waals surface area contributed by atoms with Crippen LogP contribution in [0.1, 0.15) is 48.5 Å². The van der Waals surface area contributed by atoms with E-state index in [9.17, 15) is 4.79 Å². The van der Waals surface area contributed by atoms with Crippen LogP contribution in [0.2, 0.25) is 0 Å². The Labute approximate surface area is 186 Å². The first kappa shape index (κ1) is 21.1. The quantitative estimate of drug-likeness (QED) is 0.436. The Kier molecular flexibility index (Phi) is 6.54. The van der Waals surface area contributed by atoms with Gasteiger partial charge in [0.25, 0.3) is 0 Å². The van der Waals surface area contributed by atoms with Gasteiger partial charge in [0.1, 0.15) is 11.8 Å². The van der Waals surface area contributed by atoms with E-state index in [1.54, 1.807) is 0 Å². The number of ketones is 1. The number of fused-ring (bicyclic) bond motifs is 1. The lowest BCUT2D eigenvalue weighted by molar-refractivity contribution is 0.0699. The third-order valence-electron chi connectivity index (χ3n) is 5.80. The second-order valence-electron chi connectivity index (χ2n) is 8.04. The number of aromatic nitrogens is 2. The number of nitrogens with one attached hydrogen (secondary N) is 1. The molecule has 0 unspecified atom stereocenters. The Hall–Kier alpha value is -2.18. The van der Waals surface area contributed by atoms with Crippen molar-refractivity contribution in [3.8, 4) is 5.69 Å². The number of rotatable bonds is 7. The molecule has 1 aromatic heterocycles. The van der Waals surface area contributed by atoms with Gasteiger partial charge in [0.05, 0.1) is 11.2 Å². The molecule has 0 atom stereocenters. The minimum Gasteiger partial charge on any atom is -0.383 e. The molecule has 4 rings (SSSR count). The molecule has 0 radical (unpaired) electrons. The predicted molar refractivity (Wildman–Crippen MR) is 125 cm³/mol. The van der Waals surface area contributed by atoms with Gasteiger partial charge in [-0.15, -0.1) is 0 Å². The number of carbonyl (C=O) groups excluding carboxylic acids is 1. The fourth-order valence-electron chi connectivity index (χ4n) is 4.10. The van der Waals surface area contributed by atoms with Crippen LogP contribution < -0.4 is 5.32 Å². The summed E-state index contributed by atoms with van der Waals surface area (Å²) in [5, 5.41) is 3.61. The van der Waals surface area contributed by atoms with E-state index in [1.807, 2.05) is 32.3 Å². The minimum absolute atomic E-state index is 0.208. The van der Waals surface area contributed by atoms with Crippen molar-refractivity contribution in [3.05, 3.63) is 52.3 Å². The molecular formula is C24H28BrN3O2. The van der Waals surface area contributed by atoms with Gasteiger partial charge in [0.2, 0.25) is 0 Å². The molecule has 30 heavy (non-hydrogen) atoms. The maximum absolute atomic E-state index is 12.3. The number of imidazole rings is 1. The molecule has 1 saturated heterocycles. The van der Waals surface area contributed by atoms with Gasteiger partial charge in [-0.25, -0.2) is 4.98 Å². The average molecular weight is 470 g/mol. The van der Waals surface area contributed by atoms with Gasteiger partial charge in [-0.1, -0.05) is 22.9 Å². The summed E-state index contributed by atoms with van der Waals surface area (Å²) in [7, 11) is 0. The number of aryl methyl sites for hydroxylation is 1. The molecule has 1 aliphatic heterocycles. The Balaban J connectivity index is 1.63. The summed E-state index contributed by atoms with van der Waals surface area (Å²) in [5.41, 5.74) is 5.85. The van der Waals surface area contributed by atoms with Crippen molar-refractivity contribution in [2.75, 3.05) is 25.1 Å². The fourth-order valence-corrected chi connectivity index (χ4v) is 4.55. The number of halogens is 1. The van der Waals surface area contributed by atoms with Crippen LogP contribution in [0.5, 0.6) is 0 Å². The summed E-state index contributed by atoms with van der Waals surface area (Å²) in [5.74, 6) is 0.838. The van der Waals surface area contributed by atoms with E-state index in [0.29, 0.717) is 12.3 Å². The van der Waals surface area contributed by atoms with Crippen LogP contribution in [0.4, 0.5) is 5.69 Å². The van der Waals surface area contributed by atoms with Crippen LogP contribution in [-0.2, 0) is 4.74 Å². The molecule has 3 aromatic rings. The van der Waals surface area contributed by atoms with Crippen molar-refractivity contribution in [3.63, 3.8) is 0 Å². The number of ether oxygens (including phenoxy) is 1. The first-order chi connectivity index (χ1) is 14.6. The number of carbonyl (C=O) groups is 1. The highest BCUT2D eigenvalue weighted by molar-refractivity contribution is 9.10. The molecule has 6 heteroatoms. The smallest absolute Gasteiger partial charge is 0.163 e. The van der Waals surface area contributed by atoms with Crippen LogP contribution in [-0.4, -0.2) is 35.1 Å². The van der Waals surface area contributed by atoms with Crippen LogP contribution in [0.3, 0.4) is 0 Å². The van der Waals surface area contributed by atoms with E-state index in [1.165, 1.54) is 0 Å². The molecule has 2 aromatic carbocycles. The molecule has 1 aliphatic rings. The van der Waals surface area contributed by atoms with Crippen molar-refractivity contribution in [2.24, 2.45) is 5.92 Å². The van der Waals surface area contributed by atoms with Crippen molar-refractivity contribution in [2.45, 2.75) is 39.5 Å². The zero-order valence-corrected chi connectivity index (χ0v) is 19.2. The van der Waals surface area contributed by atoms with E-state index < -0.39 is 0 Å². The molecular weight excluding hydrogens is 442 g/mol. The first-order valence-corrected chi connectivity index (χ1v) is 11.5. The molecule has 158 valence electrons. The maximum atomic E-state index is 12.3. The van der Waals surface area contributed by atoms with Gasteiger partial charge >= 0.3 is 0 Å². The van der Waals surface area contributed by atoms with Gasteiger partial charge in [0, 0.05) is 41.9 Å². The second-order valence-corrected chi connectivity index (χ2v) is 8.96. The fraction of sp³-hybridized carbons (Fsp3) is 0.417. The van der Waals surface area contributed by atoms with Crippen molar-refractivity contribution in [1.29, 1.82) is 0 Å². The molecule has 0 saturated carbocycles. The van der Waals surface area contributed by atoms with Crippen molar-refractivity contribution < 1.29 is 9.53 Å². The molecule has 1 fully saturated rings. The Morgan fingerprint density at radius 3 is 2.80 bits per heavy atom. The van der Waals surface area contributed by atoms with Gasteiger partial charge in [-0.3, -0.25) is 9.36 Å². The van der Waals surface area contributed by atoms with Gasteiger partial charge in [-0.2, -0.15) is 0 Å². The van der Waals surface area contributed by atoms with Crippen molar-refractivity contribution in [1.82, 2.24) is 9.55 Å². The third-order valence-corrected chi connectivity index (χ3v) is 6.26. The van der Waals surface area contributed by atoms with E-state index in [4.69, 9.17) is 9.72 Å². The summed E-state index contributed by atoms with van der Waals surface area (Å²) < 4.78 is 8.56. The summed E-state index contributed by atoms with van der Waals surface area (Å²) in [6.45, 7) is 6.66.